The van der Waals surface area contributed by atoms with Crippen LogP contribution in [0.2, 0.25) is 0 Å². The molecule has 1 saturated heterocycles. The number of aromatic nitrogens is 3. The van der Waals surface area contributed by atoms with E-state index in [1.54, 1.807) is 14.2 Å². The van der Waals surface area contributed by atoms with Crippen LogP contribution in [0, 0.1) is 12.8 Å². The number of pyridine rings is 1. The van der Waals surface area contributed by atoms with E-state index in [-0.39, 0.29) is 11.8 Å². The van der Waals surface area contributed by atoms with Gasteiger partial charge in [-0.3, -0.25) is 9.48 Å². The van der Waals surface area contributed by atoms with Crippen LogP contribution in [0.25, 0.3) is 10.9 Å². The van der Waals surface area contributed by atoms with Gasteiger partial charge in [-0.2, -0.15) is 5.10 Å². The second kappa shape index (κ2) is 8.83. The molecular formula is C23H29N5O3. The zero-order valence-corrected chi connectivity index (χ0v) is 18.5. The summed E-state index contributed by atoms with van der Waals surface area (Å²) in [5.74, 6) is 2.31. The molecule has 164 valence electrons. The Hall–Kier alpha value is -3.29. The van der Waals surface area contributed by atoms with Crippen LogP contribution in [-0.4, -0.2) is 48.0 Å². The molecule has 1 aliphatic heterocycles. The molecule has 0 saturated carbocycles. The molecule has 8 heteroatoms. The van der Waals surface area contributed by atoms with Gasteiger partial charge in [-0.15, -0.1) is 0 Å². The third kappa shape index (κ3) is 4.15. The van der Waals surface area contributed by atoms with Crippen molar-refractivity contribution < 1.29 is 14.3 Å². The summed E-state index contributed by atoms with van der Waals surface area (Å²) in [5, 5.41) is 8.72. The Morgan fingerprint density at radius 2 is 2.10 bits per heavy atom. The van der Waals surface area contributed by atoms with Gasteiger partial charge < -0.3 is 19.7 Å². The first-order valence-electron chi connectivity index (χ1n) is 10.5. The molecule has 1 atom stereocenters. The van der Waals surface area contributed by atoms with Crippen LogP contribution in [0.5, 0.6) is 11.5 Å². The van der Waals surface area contributed by atoms with Crippen molar-refractivity contribution in [1.29, 1.82) is 0 Å². The van der Waals surface area contributed by atoms with Gasteiger partial charge in [0.15, 0.2) is 5.82 Å². The number of benzene rings is 1. The number of nitrogens with one attached hydrogen (secondary N) is 1. The van der Waals surface area contributed by atoms with Crippen LogP contribution in [0.15, 0.2) is 30.5 Å². The topological polar surface area (TPSA) is 81.5 Å². The van der Waals surface area contributed by atoms with Crippen molar-refractivity contribution in [3.8, 4) is 11.5 Å². The van der Waals surface area contributed by atoms with Gasteiger partial charge in [-0.1, -0.05) is 0 Å². The van der Waals surface area contributed by atoms with Crippen LogP contribution >= 0.6 is 0 Å². The molecule has 0 bridgehead atoms. The van der Waals surface area contributed by atoms with Crippen molar-refractivity contribution in [3.05, 3.63) is 41.7 Å². The standard InChI is InChI=1S/C23H29N5O3/c1-15-19-9-10-24-22(21(19)27(2)26-15)28-11-5-6-16(14-28)23(29)25-13-17-12-18(30-3)7-8-20(17)31-4/h7-10,12,16H,5-6,11,13-14H2,1-4H3,(H,25,29). The van der Waals surface area contributed by atoms with Gasteiger partial charge in [0.1, 0.15) is 17.0 Å². The van der Waals surface area contributed by atoms with Crippen LogP contribution in [0.3, 0.4) is 0 Å². The zero-order chi connectivity index (χ0) is 22.0. The summed E-state index contributed by atoms with van der Waals surface area (Å²) in [6.45, 7) is 3.91. The summed E-state index contributed by atoms with van der Waals surface area (Å²) in [4.78, 5) is 19.8. The van der Waals surface area contributed by atoms with E-state index in [1.165, 1.54) is 0 Å². The molecule has 1 aromatic carbocycles. The fourth-order valence-corrected chi connectivity index (χ4v) is 4.34. The van der Waals surface area contributed by atoms with E-state index in [1.807, 2.05) is 49.1 Å². The fraction of sp³-hybridized carbons (Fsp3) is 0.435. The number of hydrogen-bond donors (Lipinski definition) is 1. The lowest BCUT2D eigenvalue weighted by molar-refractivity contribution is -0.125. The summed E-state index contributed by atoms with van der Waals surface area (Å²) >= 11 is 0. The first-order valence-corrected chi connectivity index (χ1v) is 10.5. The van der Waals surface area contributed by atoms with E-state index in [2.05, 4.69) is 20.3 Å². The van der Waals surface area contributed by atoms with Gasteiger partial charge in [0.05, 0.1) is 25.8 Å². The quantitative estimate of drug-likeness (QED) is 0.657. The number of fused-ring (bicyclic) bond motifs is 1. The van der Waals surface area contributed by atoms with Gasteiger partial charge in [0, 0.05) is 43.8 Å². The Morgan fingerprint density at radius 1 is 1.26 bits per heavy atom. The van der Waals surface area contributed by atoms with Crippen LogP contribution in [-0.2, 0) is 18.4 Å². The highest BCUT2D eigenvalue weighted by molar-refractivity contribution is 5.91. The number of anilines is 1. The predicted octanol–water partition coefficient (Wildman–Crippen LogP) is 2.83. The van der Waals surface area contributed by atoms with Crippen LogP contribution in [0.1, 0.15) is 24.1 Å². The number of rotatable bonds is 6. The molecule has 1 amide bonds. The lowest BCUT2D eigenvalue weighted by Gasteiger charge is -2.33. The third-order valence-electron chi connectivity index (χ3n) is 5.95. The summed E-state index contributed by atoms with van der Waals surface area (Å²) in [5.41, 5.74) is 2.89. The molecule has 3 aromatic rings. The monoisotopic (exact) mass is 423 g/mol. The average molecular weight is 424 g/mol. The van der Waals surface area contributed by atoms with Crippen molar-refractivity contribution in [2.45, 2.75) is 26.3 Å². The Morgan fingerprint density at radius 3 is 2.87 bits per heavy atom. The molecule has 1 unspecified atom stereocenters. The smallest absolute Gasteiger partial charge is 0.225 e. The highest BCUT2D eigenvalue weighted by Crippen LogP contribution is 2.30. The predicted molar refractivity (Wildman–Crippen MR) is 120 cm³/mol. The normalized spacial score (nSPS) is 16.4. The second-order valence-electron chi connectivity index (χ2n) is 7.92. The molecule has 31 heavy (non-hydrogen) atoms. The molecule has 1 N–H and O–H groups in total. The number of ether oxygens (including phenoxy) is 2. The minimum Gasteiger partial charge on any atom is -0.497 e. The number of aryl methyl sites for hydroxylation is 2. The van der Waals surface area contributed by atoms with Gasteiger partial charge in [0.25, 0.3) is 0 Å². The van der Waals surface area contributed by atoms with Crippen LogP contribution < -0.4 is 19.7 Å². The molecule has 0 spiro atoms. The molecule has 1 aliphatic rings. The molecule has 2 aromatic heterocycles. The number of piperidine rings is 1. The molecule has 0 radical (unpaired) electrons. The number of amides is 1. The van der Waals surface area contributed by atoms with Gasteiger partial charge in [0.2, 0.25) is 5.91 Å². The van der Waals surface area contributed by atoms with Gasteiger partial charge in [-0.25, -0.2) is 4.98 Å². The number of hydrogen-bond acceptors (Lipinski definition) is 6. The summed E-state index contributed by atoms with van der Waals surface area (Å²) in [6, 6.07) is 7.58. The lowest BCUT2D eigenvalue weighted by Crippen LogP contribution is -2.43. The Labute approximate surface area is 182 Å². The maximum absolute atomic E-state index is 13.0. The van der Waals surface area contributed by atoms with Gasteiger partial charge in [-0.05, 0) is 44.0 Å². The number of carbonyl (C=O) groups is 1. The maximum Gasteiger partial charge on any atom is 0.225 e. The van der Waals surface area contributed by atoms with Crippen molar-refractivity contribution >= 4 is 22.6 Å². The Kier molecular flexibility index (Phi) is 5.97. The number of carbonyl (C=O) groups excluding carboxylic acids is 1. The minimum absolute atomic E-state index is 0.0444. The van der Waals surface area contributed by atoms with E-state index in [0.29, 0.717) is 13.1 Å². The fourth-order valence-electron chi connectivity index (χ4n) is 4.34. The molecule has 8 nitrogen and oxygen atoms in total. The highest BCUT2D eigenvalue weighted by atomic mass is 16.5. The second-order valence-corrected chi connectivity index (χ2v) is 7.92. The van der Waals surface area contributed by atoms with Crippen molar-refractivity contribution in [2.75, 3.05) is 32.2 Å². The molecule has 4 rings (SSSR count). The van der Waals surface area contributed by atoms with Crippen molar-refractivity contribution in [1.82, 2.24) is 20.1 Å². The molecule has 0 aliphatic carbocycles. The SMILES string of the molecule is COc1ccc(OC)c(CNC(=O)C2CCCN(c3nccc4c(C)nn(C)c34)C2)c1. The van der Waals surface area contributed by atoms with E-state index in [9.17, 15) is 4.79 Å². The Bertz CT molecular complexity index is 1090. The first kappa shape index (κ1) is 21.0. The third-order valence-corrected chi connectivity index (χ3v) is 5.95. The molecule has 1 fully saturated rings. The van der Waals surface area contributed by atoms with E-state index in [0.717, 1.165) is 58.9 Å². The van der Waals surface area contributed by atoms with Crippen molar-refractivity contribution in [3.63, 3.8) is 0 Å². The van der Waals surface area contributed by atoms with Crippen LogP contribution in [0.4, 0.5) is 5.82 Å². The number of nitrogens with zero attached hydrogens (tertiary/aromatic N) is 4. The van der Waals surface area contributed by atoms with E-state index >= 15 is 0 Å². The largest absolute Gasteiger partial charge is 0.497 e. The Balaban J connectivity index is 1.48. The molecule has 3 heterocycles. The minimum atomic E-state index is -0.100. The molecular weight excluding hydrogens is 394 g/mol. The summed E-state index contributed by atoms with van der Waals surface area (Å²) in [6.07, 6.45) is 3.62. The average Bonchev–Trinajstić information content (AvgIpc) is 3.10. The number of methoxy groups -OCH3 is 2. The summed E-state index contributed by atoms with van der Waals surface area (Å²) in [7, 11) is 5.19. The highest BCUT2D eigenvalue weighted by Gasteiger charge is 2.28. The van der Waals surface area contributed by atoms with E-state index < -0.39 is 0 Å². The van der Waals surface area contributed by atoms with E-state index in [4.69, 9.17) is 9.47 Å². The summed E-state index contributed by atoms with van der Waals surface area (Å²) < 4.78 is 12.6. The van der Waals surface area contributed by atoms with Gasteiger partial charge >= 0.3 is 0 Å². The lowest BCUT2D eigenvalue weighted by atomic mass is 9.96. The zero-order valence-electron chi connectivity index (χ0n) is 18.5. The first-order chi connectivity index (χ1) is 15.0. The maximum atomic E-state index is 13.0. The van der Waals surface area contributed by atoms with Crippen molar-refractivity contribution in [2.24, 2.45) is 13.0 Å².